The van der Waals surface area contributed by atoms with Crippen LogP contribution in [0.25, 0.3) is 11.1 Å². The number of rotatable bonds is 7. The summed E-state index contributed by atoms with van der Waals surface area (Å²) >= 11 is 0. The van der Waals surface area contributed by atoms with Crippen molar-refractivity contribution >= 4 is 11.4 Å². The molecule has 1 aromatic heterocycles. The number of anilines is 1. The Morgan fingerprint density at radius 3 is 2.64 bits per heavy atom. The molecule has 0 spiro atoms. The third-order valence-electron chi connectivity index (χ3n) is 3.86. The second-order valence-corrected chi connectivity index (χ2v) is 6.02. The lowest BCUT2D eigenvalue weighted by molar-refractivity contribution is -0.384. The van der Waals surface area contributed by atoms with Gasteiger partial charge in [-0.25, -0.2) is 0 Å². The molecule has 0 aliphatic heterocycles. The summed E-state index contributed by atoms with van der Waals surface area (Å²) in [6, 6.07) is 6.62. The molecule has 0 aliphatic rings. The van der Waals surface area contributed by atoms with Crippen molar-refractivity contribution < 1.29 is 9.66 Å². The van der Waals surface area contributed by atoms with Gasteiger partial charge in [-0.05, 0) is 50.1 Å². The summed E-state index contributed by atoms with van der Waals surface area (Å²) in [6.07, 6.45) is 1.73. The first-order valence-electron chi connectivity index (χ1n) is 8.13. The highest BCUT2D eigenvalue weighted by molar-refractivity contribution is 5.74. The van der Waals surface area contributed by atoms with Gasteiger partial charge in [0.25, 0.3) is 11.2 Å². The zero-order chi connectivity index (χ0) is 18.6. The number of nitrogens with one attached hydrogen (secondary N) is 1. The average molecular weight is 345 g/mol. The Bertz CT molecular complexity index is 803. The number of benzene rings is 1. The molecule has 0 saturated heterocycles. The van der Waals surface area contributed by atoms with E-state index in [0.717, 1.165) is 11.1 Å². The van der Waals surface area contributed by atoms with Crippen LogP contribution >= 0.6 is 0 Å². The average Bonchev–Trinajstić information content (AvgIpc) is 2.57. The zero-order valence-electron chi connectivity index (χ0n) is 14.9. The first-order chi connectivity index (χ1) is 11.8. The fraction of sp³-hybridized carbons (Fsp3) is 0.389. The summed E-state index contributed by atoms with van der Waals surface area (Å²) in [4.78, 5) is 22.8. The number of nitro groups is 1. The summed E-state index contributed by atoms with van der Waals surface area (Å²) in [7, 11) is 1.69. The molecule has 134 valence electrons. The number of pyridine rings is 1. The van der Waals surface area contributed by atoms with Crippen LogP contribution in [0.3, 0.4) is 0 Å². The number of aryl methyl sites for hydroxylation is 2. The van der Waals surface area contributed by atoms with Crippen LogP contribution in [0.4, 0.5) is 11.4 Å². The summed E-state index contributed by atoms with van der Waals surface area (Å²) in [5.74, 6) is 0. The molecule has 1 atom stereocenters. The molecule has 0 radical (unpaired) electrons. The molecule has 2 aromatic rings. The van der Waals surface area contributed by atoms with E-state index in [0.29, 0.717) is 24.5 Å². The van der Waals surface area contributed by atoms with Gasteiger partial charge in [-0.1, -0.05) is 0 Å². The van der Waals surface area contributed by atoms with E-state index in [1.54, 1.807) is 38.4 Å². The largest absolute Gasteiger partial charge is 0.380 e. The molecule has 0 fully saturated rings. The highest BCUT2D eigenvalue weighted by Crippen LogP contribution is 2.31. The number of aromatic nitrogens is 1. The fourth-order valence-electron chi connectivity index (χ4n) is 2.63. The Morgan fingerprint density at radius 1 is 1.32 bits per heavy atom. The van der Waals surface area contributed by atoms with Gasteiger partial charge in [-0.15, -0.1) is 0 Å². The van der Waals surface area contributed by atoms with Gasteiger partial charge in [0, 0.05) is 37.5 Å². The lowest BCUT2D eigenvalue weighted by atomic mass is 10.0. The van der Waals surface area contributed by atoms with Crippen LogP contribution < -0.4 is 10.9 Å². The minimum Gasteiger partial charge on any atom is -0.380 e. The molecule has 25 heavy (non-hydrogen) atoms. The molecule has 2 rings (SSSR count). The predicted octanol–water partition coefficient (Wildman–Crippen LogP) is 3.11. The van der Waals surface area contributed by atoms with Crippen LogP contribution in [-0.2, 0) is 11.8 Å². The van der Waals surface area contributed by atoms with Crippen LogP contribution in [0.15, 0.2) is 35.3 Å². The van der Waals surface area contributed by atoms with Gasteiger partial charge in [0.15, 0.2) is 0 Å². The molecule has 7 heteroatoms. The van der Waals surface area contributed by atoms with Gasteiger partial charge >= 0.3 is 0 Å². The second-order valence-electron chi connectivity index (χ2n) is 6.02. The maximum Gasteiger partial charge on any atom is 0.292 e. The second kappa shape index (κ2) is 7.94. The number of ether oxygens (including phenoxy) is 1. The highest BCUT2D eigenvalue weighted by atomic mass is 16.6. The van der Waals surface area contributed by atoms with E-state index in [4.69, 9.17) is 4.74 Å². The molecule has 1 N–H and O–H groups in total. The Hall–Kier alpha value is -2.67. The van der Waals surface area contributed by atoms with Gasteiger partial charge in [-0.2, -0.15) is 0 Å². The Kier molecular flexibility index (Phi) is 5.93. The number of nitro benzene ring substituents is 1. The number of hydrogen-bond donors (Lipinski definition) is 1. The van der Waals surface area contributed by atoms with E-state index >= 15 is 0 Å². The van der Waals surface area contributed by atoms with Gasteiger partial charge in [0.2, 0.25) is 0 Å². The molecule has 1 aromatic carbocycles. The molecular formula is C18H23N3O4. The van der Waals surface area contributed by atoms with Crippen molar-refractivity contribution in [3.63, 3.8) is 0 Å². The van der Waals surface area contributed by atoms with E-state index in [9.17, 15) is 14.9 Å². The van der Waals surface area contributed by atoms with Crippen molar-refractivity contribution in [3.05, 3.63) is 56.5 Å². The molecule has 7 nitrogen and oxygen atoms in total. The van der Waals surface area contributed by atoms with E-state index in [1.807, 2.05) is 13.8 Å². The first kappa shape index (κ1) is 18.7. The van der Waals surface area contributed by atoms with E-state index in [2.05, 4.69) is 5.32 Å². The van der Waals surface area contributed by atoms with Gasteiger partial charge in [0.1, 0.15) is 5.69 Å². The van der Waals surface area contributed by atoms with Crippen molar-refractivity contribution in [1.82, 2.24) is 4.57 Å². The Labute approximate surface area is 146 Å². The Morgan fingerprint density at radius 2 is 2.04 bits per heavy atom. The molecule has 0 aliphatic carbocycles. The van der Waals surface area contributed by atoms with Crippen molar-refractivity contribution in [1.29, 1.82) is 0 Å². The van der Waals surface area contributed by atoms with Crippen molar-refractivity contribution in [2.45, 2.75) is 26.8 Å². The van der Waals surface area contributed by atoms with Crippen molar-refractivity contribution in [2.24, 2.45) is 7.05 Å². The van der Waals surface area contributed by atoms with Crippen molar-refractivity contribution in [2.75, 3.05) is 18.5 Å². The summed E-state index contributed by atoms with van der Waals surface area (Å²) in [5.41, 5.74) is 2.63. The third-order valence-corrected chi connectivity index (χ3v) is 3.86. The smallest absolute Gasteiger partial charge is 0.292 e. The molecule has 1 heterocycles. The molecule has 0 amide bonds. The zero-order valence-corrected chi connectivity index (χ0v) is 14.9. The molecule has 1 unspecified atom stereocenters. The van der Waals surface area contributed by atoms with Crippen LogP contribution in [0.1, 0.15) is 19.4 Å². The van der Waals surface area contributed by atoms with E-state index in [1.165, 1.54) is 10.6 Å². The van der Waals surface area contributed by atoms with Gasteiger partial charge < -0.3 is 14.6 Å². The monoisotopic (exact) mass is 345 g/mol. The molecule has 0 saturated carbocycles. The lowest BCUT2D eigenvalue weighted by Crippen LogP contribution is -2.22. The summed E-state index contributed by atoms with van der Waals surface area (Å²) in [5, 5.41) is 14.4. The standard InChI is InChI=1S/C18H23N3O4/c1-5-25-11-13(3)19-16-9-14(6-7-17(16)21(23)24)15-8-12(2)18(22)20(4)10-15/h6-10,13,19H,5,11H2,1-4H3. The highest BCUT2D eigenvalue weighted by Gasteiger charge is 2.17. The SMILES string of the molecule is CCOCC(C)Nc1cc(-c2cc(C)c(=O)n(C)c2)ccc1[N+](=O)[O-]. The normalized spacial score (nSPS) is 12.0. The summed E-state index contributed by atoms with van der Waals surface area (Å²) < 4.78 is 6.87. The summed E-state index contributed by atoms with van der Waals surface area (Å²) in [6.45, 7) is 6.60. The topological polar surface area (TPSA) is 86.4 Å². The third kappa shape index (κ3) is 4.45. The van der Waals surface area contributed by atoms with Crippen LogP contribution in [0.5, 0.6) is 0 Å². The maximum atomic E-state index is 11.9. The quantitative estimate of drug-likeness (QED) is 0.615. The van der Waals surface area contributed by atoms with Crippen LogP contribution in [0.2, 0.25) is 0 Å². The maximum absolute atomic E-state index is 11.9. The minimum atomic E-state index is -0.411. The first-order valence-corrected chi connectivity index (χ1v) is 8.13. The predicted molar refractivity (Wildman–Crippen MR) is 98.1 cm³/mol. The molecule has 0 bridgehead atoms. The van der Waals surface area contributed by atoms with Crippen molar-refractivity contribution in [3.8, 4) is 11.1 Å². The lowest BCUT2D eigenvalue weighted by Gasteiger charge is -2.16. The molecular weight excluding hydrogens is 322 g/mol. The van der Waals surface area contributed by atoms with E-state index in [-0.39, 0.29) is 17.3 Å². The van der Waals surface area contributed by atoms with E-state index < -0.39 is 4.92 Å². The Balaban J connectivity index is 2.43. The fourth-order valence-corrected chi connectivity index (χ4v) is 2.63. The van der Waals surface area contributed by atoms with Crippen LogP contribution in [0, 0.1) is 17.0 Å². The number of hydrogen-bond acceptors (Lipinski definition) is 5. The minimum absolute atomic E-state index is 0.00800. The number of nitrogens with zero attached hydrogens (tertiary/aromatic N) is 2. The van der Waals surface area contributed by atoms with Gasteiger partial charge in [-0.3, -0.25) is 14.9 Å². The van der Waals surface area contributed by atoms with Gasteiger partial charge in [0.05, 0.1) is 11.5 Å². The van der Waals surface area contributed by atoms with Crippen LogP contribution in [-0.4, -0.2) is 28.7 Å².